The molecule has 2 N–H and O–H groups in total. The molecule has 3 heterocycles. The second-order valence-corrected chi connectivity index (χ2v) is 22.2. The normalized spacial score (nSPS) is 47.9. The fraction of sp³-hybridized carbons (Fsp3) is 0.796. The van der Waals surface area contributed by atoms with Crippen molar-refractivity contribution in [2.45, 2.75) is 197 Å². The van der Waals surface area contributed by atoms with E-state index in [-0.39, 0.29) is 0 Å². The SMILES string of the molecule is N#CC1CCCC(C2C=CCCC2C2CCCCC2C2C=CCCC2C2CC(N3C4=C(CCCC4)C4C=CCCC43)[NH2+]C(N3C4C=CCCC4C4CCCCC43)C2)C1. The number of nitriles is 1. The van der Waals surface area contributed by atoms with Crippen LogP contribution in [0.2, 0.25) is 0 Å². The summed E-state index contributed by atoms with van der Waals surface area (Å²) < 4.78 is 0. The largest absolute Gasteiger partial charge is 0.323 e. The topological polar surface area (TPSA) is 46.9 Å². The van der Waals surface area contributed by atoms with Gasteiger partial charge in [-0.1, -0.05) is 80.7 Å². The van der Waals surface area contributed by atoms with Gasteiger partial charge in [0, 0.05) is 48.5 Å². The molecule has 0 aromatic rings. The standard InChI is InChI=1S/C54H78N4/c55-35-36-16-15-17-37(32-36)39-18-1-3-20-41(39)43-22-5-6-23-44(43)42-21-4-2-19-40(42)38-33-53(57-49-28-11-7-24-45(49)46-25-8-12-29-50(46)57)56-54(34-38)58-51-30-13-9-26-47(51)48-27-10-14-31-52(48)58/h1,4,7,13,18,21,24,30,36-45,47-49,51-54,56H,2-3,5-6,8-12,14-17,19-20,22-23,25-29,31-34H2/p+1. The molecular weight excluding hydrogens is 705 g/mol. The number of nitrogens with two attached hydrogens (primary N) is 1. The fourth-order valence-electron chi connectivity index (χ4n) is 17.6. The molecule has 0 bridgehead atoms. The van der Waals surface area contributed by atoms with Gasteiger partial charge in [0.2, 0.25) is 0 Å². The Morgan fingerprint density at radius 3 is 2.09 bits per heavy atom. The summed E-state index contributed by atoms with van der Waals surface area (Å²) in [7, 11) is 0. The molecule has 0 radical (unpaired) electrons. The number of rotatable bonds is 6. The lowest BCUT2D eigenvalue weighted by molar-refractivity contribution is -0.768. The van der Waals surface area contributed by atoms with Crippen molar-refractivity contribution in [2.24, 2.45) is 71.0 Å². The monoisotopic (exact) mass is 784 g/mol. The van der Waals surface area contributed by atoms with Crippen LogP contribution in [0.4, 0.5) is 0 Å². The Labute approximate surface area is 353 Å². The van der Waals surface area contributed by atoms with E-state index >= 15 is 0 Å². The molecule has 11 aliphatic rings. The van der Waals surface area contributed by atoms with Crippen LogP contribution in [0.5, 0.6) is 0 Å². The van der Waals surface area contributed by atoms with E-state index in [9.17, 15) is 5.26 Å². The molecule has 17 atom stereocenters. The fourth-order valence-corrected chi connectivity index (χ4v) is 17.6. The average Bonchev–Trinajstić information content (AvgIpc) is 3.82. The molecule has 2 saturated heterocycles. The molecule has 314 valence electrons. The predicted molar refractivity (Wildman–Crippen MR) is 236 cm³/mol. The number of likely N-dealkylation sites (tertiary alicyclic amines) is 1. The summed E-state index contributed by atoms with van der Waals surface area (Å²) >= 11 is 0. The summed E-state index contributed by atoms with van der Waals surface area (Å²) in [4.78, 5) is 6.40. The third kappa shape index (κ3) is 6.99. The van der Waals surface area contributed by atoms with Gasteiger partial charge in [-0.25, -0.2) is 4.90 Å². The van der Waals surface area contributed by atoms with E-state index in [1.54, 1.807) is 0 Å². The lowest BCUT2D eigenvalue weighted by Crippen LogP contribution is -3.03. The number of hydrogen-bond acceptors (Lipinski definition) is 3. The van der Waals surface area contributed by atoms with Gasteiger partial charge < -0.3 is 10.2 Å². The molecule has 4 nitrogen and oxygen atoms in total. The number of piperidine rings is 1. The minimum absolute atomic E-state index is 0.293. The summed E-state index contributed by atoms with van der Waals surface area (Å²) in [6.07, 6.45) is 58.3. The van der Waals surface area contributed by atoms with Gasteiger partial charge in [0.1, 0.15) is 6.17 Å². The van der Waals surface area contributed by atoms with E-state index in [4.69, 9.17) is 0 Å². The van der Waals surface area contributed by atoms with E-state index in [0.717, 1.165) is 72.1 Å². The van der Waals surface area contributed by atoms with Gasteiger partial charge in [0.05, 0.1) is 6.07 Å². The van der Waals surface area contributed by atoms with Crippen molar-refractivity contribution >= 4 is 0 Å². The van der Waals surface area contributed by atoms with Crippen LogP contribution in [0.3, 0.4) is 0 Å². The van der Waals surface area contributed by atoms with Crippen LogP contribution in [0.25, 0.3) is 0 Å². The highest BCUT2D eigenvalue weighted by molar-refractivity contribution is 5.33. The van der Waals surface area contributed by atoms with E-state index in [0.29, 0.717) is 42.2 Å². The van der Waals surface area contributed by atoms with Crippen LogP contribution in [-0.2, 0) is 0 Å². The Kier molecular flexibility index (Phi) is 11.4. The van der Waals surface area contributed by atoms with Gasteiger partial charge in [0.15, 0.2) is 6.17 Å². The Morgan fingerprint density at radius 1 is 0.517 bits per heavy atom. The number of nitrogens with zero attached hydrogens (tertiary/aromatic N) is 3. The maximum atomic E-state index is 10.00. The van der Waals surface area contributed by atoms with E-state index in [1.165, 1.54) is 154 Å². The zero-order chi connectivity index (χ0) is 38.6. The smallest absolute Gasteiger partial charge is 0.163 e. The van der Waals surface area contributed by atoms with Crippen molar-refractivity contribution < 1.29 is 5.32 Å². The zero-order valence-electron chi connectivity index (χ0n) is 36.2. The molecule has 5 fully saturated rings. The number of fused-ring (bicyclic) bond motifs is 5. The maximum absolute atomic E-state index is 10.00. The molecule has 8 aliphatic carbocycles. The van der Waals surface area contributed by atoms with Gasteiger partial charge >= 0.3 is 0 Å². The molecule has 17 unspecified atom stereocenters. The highest BCUT2D eigenvalue weighted by Crippen LogP contribution is 2.55. The summed E-state index contributed by atoms with van der Waals surface area (Å²) in [5.41, 5.74) is 3.69. The van der Waals surface area contributed by atoms with Crippen LogP contribution in [0.1, 0.15) is 167 Å². The van der Waals surface area contributed by atoms with Crippen molar-refractivity contribution in [2.75, 3.05) is 0 Å². The summed E-state index contributed by atoms with van der Waals surface area (Å²) in [5, 5.41) is 13.0. The third-order valence-corrected chi connectivity index (χ3v) is 19.7. The van der Waals surface area contributed by atoms with Crippen LogP contribution >= 0.6 is 0 Å². The van der Waals surface area contributed by atoms with Gasteiger partial charge in [-0.3, -0.25) is 0 Å². The Balaban J connectivity index is 0.930. The first-order chi connectivity index (χ1) is 28.7. The van der Waals surface area contributed by atoms with Gasteiger partial charge in [0.25, 0.3) is 0 Å². The summed E-state index contributed by atoms with van der Waals surface area (Å²) in [5.74, 6) is 9.19. The number of allylic oxidation sites excluding steroid dienone is 7. The van der Waals surface area contributed by atoms with Crippen LogP contribution in [0, 0.1) is 82.3 Å². The van der Waals surface area contributed by atoms with Crippen molar-refractivity contribution in [3.8, 4) is 6.07 Å². The Morgan fingerprint density at radius 2 is 1.21 bits per heavy atom. The van der Waals surface area contributed by atoms with Crippen LogP contribution < -0.4 is 5.32 Å². The first-order valence-electron chi connectivity index (χ1n) is 25.9. The lowest BCUT2D eigenvalue weighted by atomic mass is 9.55. The number of quaternary nitrogens is 1. The van der Waals surface area contributed by atoms with Crippen molar-refractivity contribution in [3.63, 3.8) is 0 Å². The minimum Gasteiger partial charge on any atom is -0.323 e. The zero-order valence-corrected chi connectivity index (χ0v) is 36.2. The summed E-state index contributed by atoms with van der Waals surface area (Å²) in [6, 6.07) is 4.92. The molecule has 3 saturated carbocycles. The first kappa shape index (κ1) is 38.8. The molecule has 0 amide bonds. The molecule has 0 spiro atoms. The predicted octanol–water partition coefficient (Wildman–Crippen LogP) is 11.6. The molecule has 0 aromatic heterocycles. The van der Waals surface area contributed by atoms with Crippen LogP contribution in [-0.4, -0.2) is 40.3 Å². The molecule has 0 aromatic carbocycles. The van der Waals surface area contributed by atoms with Gasteiger partial charge in [-0.2, -0.15) is 5.26 Å². The highest BCUT2D eigenvalue weighted by Gasteiger charge is 2.56. The first-order valence-corrected chi connectivity index (χ1v) is 25.9. The van der Waals surface area contributed by atoms with Crippen LogP contribution in [0.15, 0.2) is 59.9 Å². The van der Waals surface area contributed by atoms with E-state index in [1.807, 2.05) is 11.3 Å². The van der Waals surface area contributed by atoms with E-state index < -0.39 is 0 Å². The minimum atomic E-state index is 0.293. The maximum Gasteiger partial charge on any atom is 0.163 e. The Bertz CT molecular complexity index is 1660. The quantitative estimate of drug-likeness (QED) is 0.273. The molecule has 58 heavy (non-hydrogen) atoms. The number of hydrogen-bond donors (Lipinski definition) is 1. The second kappa shape index (κ2) is 17.0. The van der Waals surface area contributed by atoms with Gasteiger partial charge in [-0.05, 0) is 187 Å². The highest BCUT2D eigenvalue weighted by atomic mass is 15.4. The van der Waals surface area contributed by atoms with Gasteiger partial charge in [-0.15, -0.1) is 0 Å². The molecular formula is C54H79N4+. The van der Waals surface area contributed by atoms with Crippen molar-refractivity contribution in [3.05, 3.63) is 59.9 Å². The molecule has 11 rings (SSSR count). The molecule has 3 aliphatic heterocycles. The van der Waals surface area contributed by atoms with Crippen molar-refractivity contribution in [1.82, 2.24) is 9.80 Å². The van der Waals surface area contributed by atoms with Crippen molar-refractivity contribution in [1.29, 1.82) is 5.26 Å². The van der Waals surface area contributed by atoms with E-state index in [2.05, 4.69) is 69.8 Å². The molecule has 4 heteroatoms. The third-order valence-electron chi connectivity index (χ3n) is 19.7. The second-order valence-electron chi connectivity index (χ2n) is 22.2. The summed E-state index contributed by atoms with van der Waals surface area (Å²) in [6.45, 7) is 0. The lowest BCUT2D eigenvalue weighted by Gasteiger charge is -2.52. The average molecular weight is 784 g/mol. The Hall–Kier alpha value is -2.09.